The van der Waals surface area contributed by atoms with E-state index < -0.39 is 0 Å². The molecule has 1 saturated carbocycles. The molecule has 1 aromatic heterocycles. The topological polar surface area (TPSA) is 92.3 Å². The summed E-state index contributed by atoms with van der Waals surface area (Å²) in [5.41, 5.74) is 6.95. The molecule has 3 N–H and O–H groups in total. The van der Waals surface area contributed by atoms with Crippen molar-refractivity contribution >= 4 is 11.7 Å². The number of aliphatic hydroxyl groups excluding tert-OH is 1. The van der Waals surface area contributed by atoms with Crippen LogP contribution in [-0.2, 0) is 6.54 Å². The Bertz CT molecular complexity index is 673. The van der Waals surface area contributed by atoms with Crippen LogP contribution in [0.3, 0.4) is 0 Å². The number of hydrogen-bond acceptors (Lipinski definition) is 5. The zero-order valence-corrected chi connectivity index (χ0v) is 12.8. The summed E-state index contributed by atoms with van der Waals surface area (Å²) >= 11 is 0. The summed E-state index contributed by atoms with van der Waals surface area (Å²) < 4.78 is 0. The SMILES string of the molecule is Nc1nccnc1C(=O)N(Cc1ccccc1)C(CO)C1CC1. The highest BCUT2D eigenvalue weighted by atomic mass is 16.3. The zero-order valence-electron chi connectivity index (χ0n) is 12.8. The van der Waals surface area contributed by atoms with Crippen LogP contribution >= 0.6 is 0 Å². The third kappa shape index (κ3) is 3.48. The Morgan fingerprint density at radius 2 is 1.96 bits per heavy atom. The van der Waals surface area contributed by atoms with E-state index in [0.717, 1.165) is 18.4 Å². The van der Waals surface area contributed by atoms with Gasteiger partial charge in [0.15, 0.2) is 11.5 Å². The second-order valence-electron chi connectivity index (χ2n) is 5.80. The quantitative estimate of drug-likeness (QED) is 0.842. The number of rotatable bonds is 6. The van der Waals surface area contributed by atoms with Gasteiger partial charge in [0.1, 0.15) is 0 Å². The van der Waals surface area contributed by atoms with Crippen molar-refractivity contribution in [1.82, 2.24) is 14.9 Å². The summed E-state index contributed by atoms with van der Waals surface area (Å²) in [4.78, 5) is 22.6. The van der Waals surface area contributed by atoms with Crippen molar-refractivity contribution < 1.29 is 9.90 Å². The van der Waals surface area contributed by atoms with Crippen LogP contribution < -0.4 is 5.73 Å². The second kappa shape index (κ2) is 6.75. The Morgan fingerprint density at radius 3 is 2.57 bits per heavy atom. The number of aliphatic hydroxyl groups is 1. The smallest absolute Gasteiger partial charge is 0.276 e. The number of amides is 1. The lowest BCUT2D eigenvalue weighted by molar-refractivity contribution is 0.0526. The fourth-order valence-electron chi connectivity index (χ4n) is 2.75. The number of anilines is 1. The standard InChI is InChI=1S/C17H20N4O2/c18-16-15(19-8-9-20-16)17(23)21(14(11-22)13-6-7-13)10-12-4-2-1-3-5-12/h1-5,8-9,13-14,22H,6-7,10-11H2,(H2,18,20). The number of aromatic nitrogens is 2. The van der Waals surface area contributed by atoms with E-state index in [-0.39, 0.29) is 30.1 Å². The van der Waals surface area contributed by atoms with E-state index >= 15 is 0 Å². The first kappa shape index (κ1) is 15.4. The van der Waals surface area contributed by atoms with Crippen molar-refractivity contribution in [3.05, 3.63) is 54.0 Å². The molecule has 0 radical (unpaired) electrons. The van der Waals surface area contributed by atoms with E-state index in [4.69, 9.17) is 5.73 Å². The monoisotopic (exact) mass is 312 g/mol. The maximum absolute atomic E-state index is 12.9. The normalized spacial score (nSPS) is 15.2. The van der Waals surface area contributed by atoms with Gasteiger partial charge in [0.2, 0.25) is 0 Å². The summed E-state index contributed by atoms with van der Waals surface area (Å²) in [6.45, 7) is 0.348. The molecule has 1 aromatic carbocycles. The highest BCUT2D eigenvalue weighted by Gasteiger charge is 2.38. The number of carbonyl (C=O) groups is 1. The predicted octanol–water partition coefficient (Wildman–Crippen LogP) is 1.47. The first-order valence-corrected chi connectivity index (χ1v) is 7.73. The predicted molar refractivity (Wildman–Crippen MR) is 86.4 cm³/mol. The van der Waals surface area contributed by atoms with Crippen molar-refractivity contribution in [2.45, 2.75) is 25.4 Å². The average molecular weight is 312 g/mol. The molecule has 0 bridgehead atoms. The lowest BCUT2D eigenvalue weighted by atomic mass is 10.1. The molecule has 1 atom stereocenters. The van der Waals surface area contributed by atoms with Gasteiger partial charge in [-0.05, 0) is 24.3 Å². The Balaban J connectivity index is 1.91. The van der Waals surface area contributed by atoms with Crippen LogP contribution in [0, 0.1) is 5.92 Å². The minimum absolute atomic E-state index is 0.0661. The number of nitrogen functional groups attached to an aromatic ring is 1. The first-order valence-electron chi connectivity index (χ1n) is 7.73. The minimum atomic E-state index is -0.287. The molecule has 23 heavy (non-hydrogen) atoms. The molecule has 6 heteroatoms. The molecule has 0 aliphatic heterocycles. The molecule has 0 spiro atoms. The Hall–Kier alpha value is -2.47. The van der Waals surface area contributed by atoms with Crippen LogP contribution in [0.2, 0.25) is 0 Å². The van der Waals surface area contributed by atoms with Gasteiger partial charge in [0.25, 0.3) is 5.91 Å². The summed E-state index contributed by atoms with van der Waals surface area (Å²) in [5, 5.41) is 9.79. The maximum Gasteiger partial charge on any atom is 0.276 e. The van der Waals surface area contributed by atoms with E-state index in [1.165, 1.54) is 12.4 Å². The second-order valence-corrected chi connectivity index (χ2v) is 5.80. The minimum Gasteiger partial charge on any atom is -0.394 e. The van der Waals surface area contributed by atoms with E-state index in [0.29, 0.717) is 12.5 Å². The number of benzene rings is 1. The van der Waals surface area contributed by atoms with Gasteiger partial charge in [-0.3, -0.25) is 4.79 Å². The van der Waals surface area contributed by atoms with Gasteiger partial charge in [0.05, 0.1) is 12.6 Å². The molecule has 1 heterocycles. The van der Waals surface area contributed by atoms with Crippen molar-refractivity contribution in [3.63, 3.8) is 0 Å². The van der Waals surface area contributed by atoms with Crippen LogP contribution in [0.25, 0.3) is 0 Å². The molecule has 1 aliphatic carbocycles. The molecule has 1 amide bonds. The lowest BCUT2D eigenvalue weighted by Gasteiger charge is -2.31. The van der Waals surface area contributed by atoms with Gasteiger partial charge in [0, 0.05) is 18.9 Å². The van der Waals surface area contributed by atoms with Crippen LogP contribution in [-0.4, -0.2) is 38.5 Å². The van der Waals surface area contributed by atoms with Crippen LogP contribution in [0.5, 0.6) is 0 Å². The molecular formula is C17H20N4O2. The van der Waals surface area contributed by atoms with Crippen molar-refractivity contribution in [1.29, 1.82) is 0 Å². The lowest BCUT2D eigenvalue weighted by Crippen LogP contribution is -2.44. The van der Waals surface area contributed by atoms with Crippen molar-refractivity contribution in [2.24, 2.45) is 5.92 Å². The van der Waals surface area contributed by atoms with E-state index in [2.05, 4.69) is 9.97 Å². The Labute approximate surface area is 135 Å². The summed E-state index contributed by atoms with van der Waals surface area (Å²) in [5.74, 6) is 0.166. The van der Waals surface area contributed by atoms with E-state index in [1.54, 1.807) is 4.90 Å². The Morgan fingerprint density at radius 1 is 1.26 bits per heavy atom. The number of hydrogen-bond donors (Lipinski definition) is 2. The maximum atomic E-state index is 12.9. The first-order chi connectivity index (χ1) is 11.2. The van der Waals surface area contributed by atoms with Gasteiger partial charge in [-0.15, -0.1) is 0 Å². The molecule has 1 aliphatic rings. The highest BCUT2D eigenvalue weighted by Crippen LogP contribution is 2.36. The highest BCUT2D eigenvalue weighted by molar-refractivity contribution is 5.96. The summed E-state index contributed by atoms with van der Waals surface area (Å²) in [6, 6.07) is 9.49. The van der Waals surface area contributed by atoms with E-state index in [9.17, 15) is 9.90 Å². The molecule has 1 fully saturated rings. The molecule has 1 unspecified atom stereocenters. The largest absolute Gasteiger partial charge is 0.394 e. The molecular weight excluding hydrogens is 292 g/mol. The van der Waals surface area contributed by atoms with Gasteiger partial charge in [-0.25, -0.2) is 9.97 Å². The average Bonchev–Trinajstić information content (AvgIpc) is 3.40. The molecule has 6 nitrogen and oxygen atoms in total. The van der Waals surface area contributed by atoms with Crippen LogP contribution in [0.15, 0.2) is 42.7 Å². The summed E-state index contributed by atoms with van der Waals surface area (Å²) in [6.07, 6.45) is 4.97. The van der Waals surface area contributed by atoms with Gasteiger partial charge in [-0.2, -0.15) is 0 Å². The van der Waals surface area contributed by atoms with Gasteiger partial charge < -0.3 is 15.7 Å². The van der Waals surface area contributed by atoms with Crippen molar-refractivity contribution in [3.8, 4) is 0 Å². The number of nitrogens with two attached hydrogens (primary N) is 1. The third-order valence-corrected chi connectivity index (χ3v) is 4.14. The third-order valence-electron chi connectivity index (χ3n) is 4.14. The fraction of sp³-hybridized carbons (Fsp3) is 0.353. The molecule has 120 valence electrons. The van der Waals surface area contributed by atoms with E-state index in [1.807, 2.05) is 30.3 Å². The number of nitrogens with zero attached hydrogens (tertiary/aromatic N) is 3. The molecule has 3 rings (SSSR count). The van der Waals surface area contributed by atoms with Crippen LogP contribution in [0.1, 0.15) is 28.9 Å². The summed E-state index contributed by atoms with van der Waals surface area (Å²) in [7, 11) is 0. The van der Waals surface area contributed by atoms with Gasteiger partial charge >= 0.3 is 0 Å². The van der Waals surface area contributed by atoms with Crippen molar-refractivity contribution in [2.75, 3.05) is 12.3 Å². The Kier molecular flexibility index (Phi) is 4.52. The fourth-order valence-corrected chi connectivity index (χ4v) is 2.75. The van der Waals surface area contributed by atoms with Gasteiger partial charge in [-0.1, -0.05) is 30.3 Å². The number of carbonyl (C=O) groups excluding carboxylic acids is 1. The molecule has 0 saturated heterocycles. The molecule has 2 aromatic rings. The zero-order chi connectivity index (χ0) is 16.2. The van der Waals surface area contributed by atoms with Crippen LogP contribution in [0.4, 0.5) is 5.82 Å².